The Hall–Kier alpha value is -2.17. The lowest BCUT2D eigenvalue weighted by Crippen LogP contribution is -2.31. The molecule has 0 saturated carbocycles. The van der Waals surface area contributed by atoms with E-state index in [-0.39, 0.29) is 11.8 Å². The molecule has 1 atom stereocenters. The van der Waals surface area contributed by atoms with Gasteiger partial charge in [-0.1, -0.05) is 39.0 Å². The average Bonchev–Trinajstić information content (AvgIpc) is 2.99. The number of anilines is 1. The van der Waals surface area contributed by atoms with Gasteiger partial charge in [-0.05, 0) is 30.4 Å². The number of aromatic nitrogens is 2. The van der Waals surface area contributed by atoms with Crippen LogP contribution in [-0.2, 0) is 11.2 Å². The van der Waals surface area contributed by atoms with Gasteiger partial charge in [-0.25, -0.2) is 0 Å². The lowest BCUT2D eigenvalue weighted by molar-refractivity contribution is -0.118. The number of para-hydroxylation sites is 1. The maximum absolute atomic E-state index is 12.8. The minimum Gasteiger partial charge on any atom is -0.425 e. The molecule has 5 nitrogen and oxygen atoms in total. The topological polar surface area (TPSA) is 59.2 Å². The average molecular weight is 327 g/mol. The zero-order valence-corrected chi connectivity index (χ0v) is 14.7. The van der Waals surface area contributed by atoms with Gasteiger partial charge in [0.1, 0.15) is 0 Å². The first-order chi connectivity index (χ1) is 11.6. The fourth-order valence-electron chi connectivity index (χ4n) is 3.19. The van der Waals surface area contributed by atoms with Crippen molar-refractivity contribution in [2.24, 2.45) is 0 Å². The molecule has 0 N–H and O–H groups in total. The zero-order valence-electron chi connectivity index (χ0n) is 14.7. The third-order valence-electron chi connectivity index (χ3n) is 4.61. The maximum Gasteiger partial charge on any atom is 0.227 e. The molecule has 1 amide bonds. The van der Waals surface area contributed by atoms with Crippen LogP contribution in [-0.4, -0.2) is 22.6 Å². The Labute approximate surface area is 143 Å². The van der Waals surface area contributed by atoms with Crippen LogP contribution in [0.4, 0.5) is 5.69 Å². The van der Waals surface area contributed by atoms with Gasteiger partial charge in [0.25, 0.3) is 0 Å². The number of hydrogen-bond donors (Lipinski definition) is 0. The number of rotatable bonds is 4. The van der Waals surface area contributed by atoms with Crippen molar-refractivity contribution in [2.45, 2.75) is 58.3 Å². The van der Waals surface area contributed by atoms with Crippen molar-refractivity contribution >= 4 is 11.6 Å². The molecule has 1 aliphatic rings. The van der Waals surface area contributed by atoms with Gasteiger partial charge in [-0.2, -0.15) is 0 Å². The molecule has 0 spiro atoms. The molecule has 0 unspecified atom stereocenters. The fourth-order valence-corrected chi connectivity index (χ4v) is 3.19. The molecule has 1 aliphatic heterocycles. The highest BCUT2D eigenvalue weighted by Crippen LogP contribution is 2.34. The minimum atomic E-state index is 0.126. The summed E-state index contributed by atoms with van der Waals surface area (Å²) >= 11 is 0. The van der Waals surface area contributed by atoms with Crippen molar-refractivity contribution in [3.05, 3.63) is 41.6 Å². The van der Waals surface area contributed by atoms with Crippen LogP contribution in [0.3, 0.4) is 0 Å². The Morgan fingerprint density at radius 1 is 1.33 bits per heavy atom. The predicted octanol–water partition coefficient (Wildman–Crippen LogP) is 4.06. The summed E-state index contributed by atoms with van der Waals surface area (Å²) in [6.07, 6.45) is 3.02. The van der Waals surface area contributed by atoms with E-state index in [1.165, 1.54) is 5.56 Å². The number of nitrogens with zero attached hydrogens (tertiary/aromatic N) is 3. The molecule has 2 heterocycles. The molecule has 3 rings (SSSR count). The number of aryl methyl sites for hydroxylation is 1. The Balaban J connectivity index is 1.71. The largest absolute Gasteiger partial charge is 0.425 e. The van der Waals surface area contributed by atoms with Crippen LogP contribution in [0.25, 0.3) is 0 Å². The molecule has 0 bridgehead atoms. The molecular formula is C19H25N3O2. The highest BCUT2D eigenvalue weighted by molar-refractivity contribution is 5.94. The van der Waals surface area contributed by atoms with Gasteiger partial charge < -0.3 is 9.32 Å². The van der Waals surface area contributed by atoms with Crippen molar-refractivity contribution < 1.29 is 9.21 Å². The Kier molecular flexibility index (Phi) is 4.97. The van der Waals surface area contributed by atoms with Gasteiger partial charge in [0, 0.05) is 31.0 Å². The van der Waals surface area contributed by atoms with E-state index in [1.807, 2.05) is 24.8 Å². The summed E-state index contributed by atoms with van der Waals surface area (Å²) in [6.45, 7) is 7.04. The normalized spacial score (nSPS) is 17.7. The van der Waals surface area contributed by atoms with Gasteiger partial charge >= 0.3 is 0 Å². The van der Waals surface area contributed by atoms with Crippen molar-refractivity contribution in [1.82, 2.24) is 10.2 Å². The van der Waals surface area contributed by atoms with Gasteiger partial charge in [0.2, 0.25) is 17.7 Å². The third-order valence-corrected chi connectivity index (χ3v) is 4.61. The van der Waals surface area contributed by atoms with Crippen LogP contribution >= 0.6 is 0 Å². The summed E-state index contributed by atoms with van der Waals surface area (Å²) in [5.74, 6) is 2.00. The van der Waals surface area contributed by atoms with Gasteiger partial charge in [-0.3, -0.25) is 4.79 Å². The van der Waals surface area contributed by atoms with Crippen LogP contribution in [0.1, 0.15) is 69.2 Å². The van der Waals surface area contributed by atoms with E-state index in [9.17, 15) is 4.79 Å². The van der Waals surface area contributed by atoms with Crippen molar-refractivity contribution in [1.29, 1.82) is 0 Å². The second-order valence-corrected chi connectivity index (χ2v) is 6.84. The number of carbonyl (C=O) groups excluding carboxylic acids is 1. The summed E-state index contributed by atoms with van der Waals surface area (Å²) < 4.78 is 5.60. The summed E-state index contributed by atoms with van der Waals surface area (Å²) in [6, 6.07) is 8.25. The summed E-state index contributed by atoms with van der Waals surface area (Å²) in [7, 11) is 0. The van der Waals surface area contributed by atoms with E-state index in [4.69, 9.17) is 4.42 Å². The maximum atomic E-state index is 12.8. The third kappa shape index (κ3) is 3.50. The Morgan fingerprint density at radius 2 is 2.12 bits per heavy atom. The highest BCUT2D eigenvalue weighted by Gasteiger charge is 2.24. The molecule has 0 fully saturated rings. The summed E-state index contributed by atoms with van der Waals surface area (Å²) in [5.41, 5.74) is 2.32. The Bertz CT molecular complexity index is 708. The van der Waals surface area contributed by atoms with E-state index in [0.29, 0.717) is 30.5 Å². The molecule has 128 valence electrons. The van der Waals surface area contributed by atoms with Crippen molar-refractivity contribution in [3.63, 3.8) is 0 Å². The van der Waals surface area contributed by atoms with Crippen molar-refractivity contribution in [3.8, 4) is 0 Å². The molecule has 1 aromatic carbocycles. The molecule has 0 aliphatic carbocycles. The summed E-state index contributed by atoms with van der Waals surface area (Å²) in [4.78, 5) is 14.7. The van der Waals surface area contributed by atoms with Gasteiger partial charge in [0.15, 0.2) is 0 Å². The van der Waals surface area contributed by atoms with Crippen LogP contribution in [0.5, 0.6) is 0 Å². The van der Waals surface area contributed by atoms with E-state index in [0.717, 1.165) is 25.1 Å². The van der Waals surface area contributed by atoms with Crippen LogP contribution in [0.2, 0.25) is 0 Å². The first-order valence-electron chi connectivity index (χ1n) is 8.78. The molecule has 1 aromatic heterocycles. The number of hydrogen-bond acceptors (Lipinski definition) is 4. The van der Waals surface area contributed by atoms with Gasteiger partial charge in [-0.15, -0.1) is 10.2 Å². The molecule has 2 aromatic rings. The number of benzene rings is 1. The van der Waals surface area contributed by atoms with E-state index in [1.54, 1.807) is 0 Å². The molecule has 5 heteroatoms. The lowest BCUT2D eigenvalue weighted by atomic mass is 9.96. The van der Waals surface area contributed by atoms with Crippen LogP contribution in [0.15, 0.2) is 28.7 Å². The quantitative estimate of drug-likeness (QED) is 0.850. The number of carbonyl (C=O) groups is 1. The van der Waals surface area contributed by atoms with E-state index >= 15 is 0 Å². The fraction of sp³-hybridized carbons (Fsp3) is 0.526. The highest BCUT2D eigenvalue weighted by atomic mass is 16.4. The Morgan fingerprint density at radius 3 is 2.88 bits per heavy atom. The van der Waals surface area contributed by atoms with Gasteiger partial charge in [0.05, 0.1) is 0 Å². The van der Waals surface area contributed by atoms with Crippen LogP contribution in [0, 0.1) is 0 Å². The minimum absolute atomic E-state index is 0.126. The SMILES string of the molecule is CC(C)c1nnc(CCC(=O)N2CCC[C@@H](C)c3ccccc32)o1. The summed E-state index contributed by atoms with van der Waals surface area (Å²) in [5, 5.41) is 8.07. The van der Waals surface area contributed by atoms with E-state index < -0.39 is 0 Å². The second kappa shape index (κ2) is 7.16. The molecule has 0 radical (unpaired) electrons. The number of fused-ring (bicyclic) bond motifs is 1. The first-order valence-corrected chi connectivity index (χ1v) is 8.78. The van der Waals surface area contributed by atoms with E-state index in [2.05, 4.69) is 35.3 Å². The first kappa shape index (κ1) is 16.7. The lowest BCUT2D eigenvalue weighted by Gasteiger charge is -2.23. The monoisotopic (exact) mass is 327 g/mol. The standard InChI is InChI=1S/C19H25N3O2/c1-13(2)19-21-20-17(24-19)10-11-18(23)22-12-6-7-14(3)15-8-4-5-9-16(15)22/h4-5,8-9,13-14H,6-7,10-12H2,1-3H3/t14-/m1/s1. The zero-order chi connectivity index (χ0) is 17.1. The van der Waals surface area contributed by atoms with Crippen molar-refractivity contribution in [2.75, 3.05) is 11.4 Å². The van der Waals surface area contributed by atoms with Crippen LogP contribution < -0.4 is 4.90 Å². The smallest absolute Gasteiger partial charge is 0.227 e. The molecule has 0 saturated heterocycles. The predicted molar refractivity (Wildman–Crippen MR) is 93.2 cm³/mol. The molecule has 24 heavy (non-hydrogen) atoms. The molecular weight excluding hydrogens is 302 g/mol. The number of amides is 1. The second-order valence-electron chi connectivity index (χ2n) is 6.84.